The van der Waals surface area contributed by atoms with Gasteiger partial charge in [-0.25, -0.2) is 0 Å². The standard InChI is InChI=1S/C27H32N2O7/c1-5-33-19-9-7-17(15-21(19)34-6-2)24-23(26(31)27(32)29(24)12-11-28(3)4)25(30)18-8-10-20-22(16-18)36-14-13-35-20/h7-10,15-16,24,30H,5-6,11-14H2,1-4H3/b25-23+. The van der Waals surface area contributed by atoms with Crippen LogP contribution in [-0.2, 0) is 9.59 Å². The highest BCUT2D eigenvalue weighted by Crippen LogP contribution is 2.43. The van der Waals surface area contributed by atoms with Crippen LogP contribution in [0.4, 0.5) is 0 Å². The molecule has 0 bridgehead atoms. The van der Waals surface area contributed by atoms with Crippen molar-refractivity contribution in [2.24, 2.45) is 0 Å². The van der Waals surface area contributed by atoms with Gasteiger partial charge in [0.1, 0.15) is 19.0 Å². The lowest BCUT2D eigenvalue weighted by molar-refractivity contribution is -0.140. The Morgan fingerprint density at radius 1 is 1.00 bits per heavy atom. The molecule has 0 saturated carbocycles. The Bertz CT molecular complexity index is 1170. The fourth-order valence-corrected chi connectivity index (χ4v) is 4.35. The van der Waals surface area contributed by atoms with Crippen LogP contribution in [0.15, 0.2) is 42.0 Å². The minimum absolute atomic E-state index is 0.0158. The van der Waals surface area contributed by atoms with Crippen molar-refractivity contribution < 1.29 is 33.6 Å². The monoisotopic (exact) mass is 496 g/mol. The summed E-state index contributed by atoms with van der Waals surface area (Å²) in [4.78, 5) is 29.9. The van der Waals surface area contributed by atoms with E-state index in [1.807, 2.05) is 32.8 Å². The molecule has 9 heteroatoms. The molecule has 4 rings (SSSR count). The first-order valence-electron chi connectivity index (χ1n) is 12.1. The topological polar surface area (TPSA) is 97.8 Å². The number of rotatable bonds is 9. The minimum atomic E-state index is -0.798. The van der Waals surface area contributed by atoms with E-state index in [4.69, 9.17) is 18.9 Å². The number of nitrogens with zero attached hydrogens (tertiary/aromatic N) is 2. The summed E-state index contributed by atoms with van der Waals surface area (Å²) in [6.45, 7) is 6.31. The van der Waals surface area contributed by atoms with Gasteiger partial charge in [0.05, 0.1) is 24.8 Å². The van der Waals surface area contributed by atoms with E-state index in [-0.39, 0.29) is 11.3 Å². The Labute approximate surface area is 210 Å². The summed E-state index contributed by atoms with van der Waals surface area (Å²) in [7, 11) is 3.79. The van der Waals surface area contributed by atoms with E-state index in [1.54, 1.807) is 36.4 Å². The highest BCUT2D eigenvalue weighted by molar-refractivity contribution is 6.46. The van der Waals surface area contributed by atoms with Crippen molar-refractivity contribution in [3.63, 3.8) is 0 Å². The lowest BCUT2D eigenvalue weighted by Gasteiger charge is -2.27. The van der Waals surface area contributed by atoms with E-state index < -0.39 is 17.7 Å². The summed E-state index contributed by atoms with van der Waals surface area (Å²) in [5.74, 6) is 0.451. The molecule has 1 N–H and O–H groups in total. The van der Waals surface area contributed by atoms with Crippen LogP contribution in [0.1, 0.15) is 31.0 Å². The van der Waals surface area contributed by atoms with Crippen LogP contribution < -0.4 is 18.9 Å². The predicted molar refractivity (Wildman–Crippen MR) is 134 cm³/mol. The summed E-state index contributed by atoms with van der Waals surface area (Å²) in [6.07, 6.45) is 0. The maximum atomic E-state index is 13.3. The van der Waals surface area contributed by atoms with Gasteiger partial charge < -0.3 is 33.9 Å². The first kappa shape index (κ1) is 25.4. The third kappa shape index (κ3) is 4.97. The Morgan fingerprint density at radius 3 is 2.39 bits per heavy atom. The lowest BCUT2D eigenvalue weighted by atomic mass is 9.94. The molecule has 0 spiro atoms. The number of Topliss-reactive ketones (excluding diaryl/α,β-unsaturated/α-hetero) is 1. The largest absolute Gasteiger partial charge is 0.507 e. The summed E-state index contributed by atoms with van der Waals surface area (Å²) in [5.41, 5.74) is 1.02. The number of aliphatic hydroxyl groups is 1. The normalized spacial score (nSPS) is 18.6. The zero-order chi connectivity index (χ0) is 25.8. The predicted octanol–water partition coefficient (Wildman–Crippen LogP) is 3.24. The van der Waals surface area contributed by atoms with Crippen LogP contribution in [0.2, 0.25) is 0 Å². The molecule has 0 radical (unpaired) electrons. The molecule has 1 unspecified atom stereocenters. The molecule has 2 aliphatic rings. The summed E-state index contributed by atoms with van der Waals surface area (Å²) >= 11 is 0. The van der Waals surface area contributed by atoms with Gasteiger partial charge in [-0.15, -0.1) is 0 Å². The van der Waals surface area contributed by atoms with Crippen molar-refractivity contribution in [2.45, 2.75) is 19.9 Å². The number of carbonyl (C=O) groups excluding carboxylic acids is 2. The second-order valence-corrected chi connectivity index (χ2v) is 8.73. The van der Waals surface area contributed by atoms with E-state index in [0.29, 0.717) is 73.6 Å². The quantitative estimate of drug-likeness (QED) is 0.321. The number of ether oxygens (including phenoxy) is 4. The molecule has 2 aromatic rings. The minimum Gasteiger partial charge on any atom is -0.507 e. The van der Waals surface area contributed by atoms with E-state index >= 15 is 0 Å². The molecule has 2 aromatic carbocycles. The number of fused-ring (bicyclic) bond motifs is 1. The molecule has 1 atom stereocenters. The SMILES string of the molecule is CCOc1ccc(C2/C(=C(\O)c3ccc4c(c3)OCCO4)C(=O)C(=O)N2CCN(C)C)cc1OCC. The van der Waals surface area contributed by atoms with Gasteiger partial charge in [0.15, 0.2) is 23.0 Å². The van der Waals surface area contributed by atoms with Crippen molar-refractivity contribution in [1.29, 1.82) is 0 Å². The van der Waals surface area contributed by atoms with Crippen LogP contribution in [0.5, 0.6) is 23.0 Å². The van der Waals surface area contributed by atoms with Crippen molar-refractivity contribution in [3.05, 3.63) is 53.1 Å². The van der Waals surface area contributed by atoms with Gasteiger partial charge in [0.2, 0.25) is 0 Å². The smallest absolute Gasteiger partial charge is 0.295 e. The molecule has 1 amide bonds. The Balaban J connectivity index is 1.84. The average molecular weight is 497 g/mol. The molecule has 1 fully saturated rings. The molecule has 1 saturated heterocycles. The number of hydrogen-bond acceptors (Lipinski definition) is 8. The van der Waals surface area contributed by atoms with Crippen LogP contribution in [0.3, 0.4) is 0 Å². The molecule has 0 aliphatic carbocycles. The number of likely N-dealkylation sites (N-methyl/N-ethyl adjacent to an activating group) is 1. The maximum absolute atomic E-state index is 13.3. The molecular formula is C27H32N2O7. The number of carbonyl (C=O) groups is 2. The maximum Gasteiger partial charge on any atom is 0.295 e. The summed E-state index contributed by atoms with van der Waals surface area (Å²) < 4.78 is 22.7. The highest BCUT2D eigenvalue weighted by atomic mass is 16.6. The van der Waals surface area contributed by atoms with E-state index in [2.05, 4.69) is 0 Å². The Hall–Kier alpha value is -3.72. The highest BCUT2D eigenvalue weighted by Gasteiger charge is 2.46. The molecular weight excluding hydrogens is 464 g/mol. The molecule has 0 aromatic heterocycles. The van der Waals surface area contributed by atoms with Gasteiger partial charge in [0.25, 0.3) is 11.7 Å². The van der Waals surface area contributed by atoms with E-state index in [0.717, 1.165) is 0 Å². The zero-order valence-electron chi connectivity index (χ0n) is 21.1. The lowest BCUT2D eigenvalue weighted by Crippen LogP contribution is -2.35. The Morgan fingerprint density at radius 2 is 1.69 bits per heavy atom. The first-order chi connectivity index (χ1) is 17.3. The van der Waals surface area contributed by atoms with Crippen molar-refractivity contribution in [3.8, 4) is 23.0 Å². The summed E-state index contributed by atoms with van der Waals surface area (Å²) in [5, 5.41) is 11.4. The summed E-state index contributed by atoms with van der Waals surface area (Å²) in [6, 6.07) is 9.49. The number of amides is 1. The fourth-order valence-electron chi connectivity index (χ4n) is 4.35. The van der Waals surface area contributed by atoms with Crippen LogP contribution >= 0.6 is 0 Å². The molecule has 36 heavy (non-hydrogen) atoms. The van der Waals surface area contributed by atoms with Crippen LogP contribution in [-0.4, -0.2) is 80.2 Å². The van der Waals surface area contributed by atoms with Crippen molar-refractivity contribution in [2.75, 3.05) is 53.6 Å². The molecule has 2 aliphatic heterocycles. The van der Waals surface area contributed by atoms with Crippen molar-refractivity contribution >= 4 is 17.4 Å². The Kier molecular flexibility index (Phi) is 7.69. The molecule has 2 heterocycles. The third-order valence-corrected chi connectivity index (χ3v) is 6.03. The fraction of sp³-hybridized carbons (Fsp3) is 0.407. The van der Waals surface area contributed by atoms with Gasteiger partial charge in [-0.1, -0.05) is 6.07 Å². The van der Waals surface area contributed by atoms with Gasteiger partial charge in [0, 0.05) is 18.7 Å². The van der Waals surface area contributed by atoms with Crippen LogP contribution in [0.25, 0.3) is 5.76 Å². The number of ketones is 1. The zero-order valence-corrected chi connectivity index (χ0v) is 21.1. The average Bonchev–Trinajstić information content (AvgIpc) is 3.13. The van der Waals surface area contributed by atoms with Crippen molar-refractivity contribution in [1.82, 2.24) is 9.80 Å². The third-order valence-electron chi connectivity index (χ3n) is 6.03. The van der Waals surface area contributed by atoms with Gasteiger partial charge in [-0.3, -0.25) is 9.59 Å². The number of likely N-dealkylation sites (tertiary alicyclic amines) is 1. The first-order valence-corrected chi connectivity index (χ1v) is 12.1. The van der Waals surface area contributed by atoms with Crippen LogP contribution in [0, 0.1) is 0 Å². The molecule has 192 valence electrons. The van der Waals surface area contributed by atoms with E-state index in [1.165, 1.54) is 4.90 Å². The van der Waals surface area contributed by atoms with Gasteiger partial charge in [-0.2, -0.15) is 0 Å². The molecule has 9 nitrogen and oxygen atoms in total. The second-order valence-electron chi connectivity index (χ2n) is 8.73. The van der Waals surface area contributed by atoms with Gasteiger partial charge in [-0.05, 0) is 63.8 Å². The second kappa shape index (κ2) is 10.9. The van der Waals surface area contributed by atoms with Gasteiger partial charge >= 0.3 is 0 Å². The number of hydrogen-bond donors (Lipinski definition) is 1. The number of aliphatic hydroxyl groups excluding tert-OH is 1. The number of benzene rings is 2. The van der Waals surface area contributed by atoms with E-state index in [9.17, 15) is 14.7 Å².